The van der Waals surface area contributed by atoms with Gasteiger partial charge in [-0.25, -0.2) is 0 Å². The summed E-state index contributed by atoms with van der Waals surface area (Å²) in [7, 11) is 0. The molecule has 6 nitrogen and oxygen atoms in total. The number of amides is 1. The van der Waals surface area contributed by atoms with Crippen molar-refractivity contribution in [3.05, 3.63) is 12.2 Å². The van der Waals surface area contributed by atoms with Crippen molar-refractivity contribution >= 4 is 11.9 Å². The van der Waals surface area contributed by atoms with Crippen LogP contribution in [0, 0.1) is 0 Å². The third kappa shape index (κ3) is 53.8. The molecule has 6 heteroatoms. The molecular weight excluding hydrogens is 827 g/mol. The van der Waals surface area contributed by atoms with Gasteiger partial charge in [0.25, 0.3) is 0 Å². The summed E-state index contributed by atoms with van der Waals surface area (Å²) < 4.78 is 5.45. The normalized spacial score (nSPS) is 12.6. The Bertz CT molecular complexity index is 1000. The summed E-state index contributed by atoms with van der Waals surface area (Å²) in [6.07, 6.45) is 67.9. The first-order valence-electron chi connectivity index (χ1n) is 30.4. The van der Waals surface area contributed by atoms with Crippen LogP contribution in [0.1, 0.15) is 341 Å². The van der Waals surface area contributed by atoms with Crippen LogP contribution in [0.5, 0.6) is 0 Å². The number of aliphatic hydroxyl groups excluding tert-OH is 2. The lowest BCUT2D eigenvalue weighted by Crippen LogP contribution is -2.45. The van der Waals surface area contributed by atoms with Gasteiger partial charge in [0.15, 0.2) is 0 Å². The van der Waals surface area contributed by atoms with Crippen molar-refractivity contribution in [2.24, 2.45) is 0 Å². The number of rotatable bonds is 57. The zero-order valence-corrected chi connectivity index (χ0v) is 45.4. The monoisotopic (exact) mass is 946 g/mol. The van der Waals surface area contributed by atoms with Crippen LogP contribution in [-0.2, 0) is 14.3 Å². The van der Waals surface area contributed by atoms with Crippen molar-refractivity contribution < 1.29 is 24.5 Å². The zero-order chi connectivity index (χ0) is 48.6. The highest BCUT2D eigenvalue weighted by molar-refractivity contribution is 5.76. The number of carbonyl (C=O) groups excluding carboxylic acids is 2. The Hall–Kier alpha value is -1.40. The molecule has 67 heavy (non-hydrogen) atoms. The molecule has 2 atom stereocenters. The van der Waals surface area contributed by atoms with E-state index in [9.17, 15) is 19.8 Å². The fraction of sp³-hybridized carbons (Fsp3) is 0.934. The second-order valence-electron chi connectivity index (χ2n) is 21.0. The maximum Gasteiger partial charge on any atom is 0.305 e. The Morgan fingerprint density at radius 3 is 1.06 bits per heavy atom. The molecule has 1 amide bonds. The Balaban J connectivity index is 3.47. The molecule has 0 aromatic rings. The third-order valence-electron chi connectivity index (χ3n) is 14.3. The molecule has 0 rings (SSSR count). The standard InChI is InChI=1S/C61H119NO5/c1-3-5-7-9-11-13-15-17-19-20-21-22-23-24-25-26-27-29-30-33-37-41-45-49-53-59(64)58(57-63)62-60(65)54-50-46-42-38-34-32-36-40-44-48-52-56-67-61(66)55-51-47-43-39-35-31-28-18-16-14-12-10-8-6-4-2/h36,40,58-59,63-64H,3-35,37-39,41-57H2,1-2H3,(H,62,65)/b40-36-. The zero-order valence-electron chi connectivity index (χ0n) is 45.4. The van der Waals surface area contributed by atoms with Crippen LogP contribution in [0.4, 0.5) is 0 Å². The van der Waals surface area contributed by atoms with Gasteiger partial charge in [-0.1, -0.05) is 289 Å². The minimum absolute atomic E-state index is 0.0270. The van der Waals surface area contributed by atoms with Gasteiger partial charge < -0.3 is 20.3 Å². The van der Waals surface area contributed by atoms with Gasteiger partial charge in [-0.05, 0) is 51.4 Å². The number of ether oxygens (including phenoxy) is 1. The molecule has 0 aliphatic heterocycles. The maximum atomic E-state index is 12.5. The van der Waals surface area contributed by atoms with Crippen LogP contribution in [-0.4, -0.2) is 47.4 Å². The SMILES string of the molecule is CCCCCCCCCCCCCCCCCCCCCCCCCCC(O)C(CO)NC(=O)CCCCCCC/C=C\CCCCOC(=O)CCCCCCCCCCCCCCCCC. The summed E-state index contributed by atoms with van der Waals surface area (Å²) in [5, 5.41) is 23.3. The van der Waals surface area contributed by atoms with Crippen LogP contribution in [0.25, 0.3) is 0 Å². The van der Waals surface area contributed by atoms with Crippen molar-refractivity contribution in [1.29, 1.82) is 0 Å². The lowest BCUT2D eigenvalue weighted by molar-refractivity contribution is -0.143. The van der Waals surface area contributed by atoms with Gasteiger partial charge in [-0.3, -0.25) is 9.59 Å². The largest absolute Gasteiger partial charge is 0.466 e. The van der Waals surface area contributed by atoms with Crippen molar-refractivity contribution in [3.63, 3.8) is 0 Å². The Labute approximate surface area is 419 Å². The van der Waals surface area contributed by atoms with E-state index in [1.807, 2.05) is 0 Å². The first kappa shape index (κ1) is 65.6. The van der Waals surface area contributed by atoms with Gasteiger partial charge in [-0.2, -0.15) is 0 Å². The van der Waals surface area contributed by atoms with E-state index in [0.29, 0.717) is 25.9 Å². The minimum Gasteiger partial charge on any atom is -0.466 e. The van der Waals surface area contributed by atoms with Crippen LogP contribution in [0.15, 0.2) is 12.2 Å². The van der Waals surface area contributed by atoms with Gasteiger partial charge in [0.05, 0.1) is 25.4 Å². The second kappa shape index (κ2) is 57.2. The average molecular weight is 947 g/mol. The van der Waals surface area contributed by atoms with Crippen LogP contribution < -0.4 is 5.32 Å². The Morgan fingerprint density at radius 1 is 0.403 bits per heavy atom. The van der Waals surface area contributed by atoms with E-state index in [-0.39, 0.29) is 18.5 Å². The van der Waals surface area contributed by atoms with Crippen molar-refractivity contribution in [2.75, 3.05) is 13.2 Å². The molecule has 2 unspecified atom stereocenters. The van der Waals surface area contributed by atoms with E-state index < -0.39 is 12.1 Å². The van der Waals surface area contributed by atoms with Gasteiger partial charge in [-0.15, -0.1) is 0 Å². The topological polar surface area (TPSA) is 95.9 Å². The fourth-order valence-corrected chi connectivity index (χ4v) is 9.64. The number of esters is 1. The molecule has 3 N–H and O–H groups in total. The lowest BCUT2D eigenvalue weighted by atomic mass is 10.0. The second-order valence-corrected chi connectivity index (χ2v) is 21.0. The van der Waals surface area contributed by atoms with Crippen molar-refractivity contribution in [2.45, 2.75) is 353 Å². The van der Waals surface area contributed by atoms with Crippen molar-refractivity contribution in [1.82, 2.24) is 5.32 Å². The number of unbranched alkanes of at least 4 members (excludes halogenated alkanes) is 44. The van der Waals surface area contributed by atoms with E-state index in [1.54, 1.807) is 0 Å². The molecule has 0 heterocycles. The molecule has 0 spiro atoms. The maximum absolute atomic E-state index is 12.5. The summed E-state index contributed by atoms with van der Waals surface area (Å²) in [5.41, 5.74) is 0. The molecule has 0 aromatic heterocycles. The van der Waals surface area contributed by atoms with E-state index >= 15 is 0 Å². The van der Waals surface area contributed by atoms with Gasteiger partial charge >= 0.3 is 5.97 Å². The third-order valence-corrected chi connectivity index (χ3v) is 14.3. The molecule has 398 valence electrons. The number of hydrogen-bond donors (Lipinski definition) is 3. The summed E-state index contributed by atoms with van der Waals surface area (Å²) >= 11 is 0. The average Bonchev–Trinajstić information content (AvgIpc) is 3.33. The van der Waals surface area contributed by atoms with Crippen LogP contribution >= 0.6 is 0 Å². The molecule has 0 aliphatic rings. The highest BCUT2D eigenvalue weighted by Gasteiger charge is 2.20. The number of allylic oxidation sites excluding steroid dienone is 2. The number of aliphatic hydroxyl groups is 2. The molecule has 0 aromatic carbocycles. The van der Waals surface area contributed by atoms with E-state index in [2.05, 4.69) is 31.3 Å². The van der Waals surface area contributed by atoms with Crippen LogP contribution in [0.3, 0.4) is 0 Å². The molecule has 0 saturated carbocycles. The number of nitrogens with one attached hydrogen (secondary N) is 1. The van der Waals surface area contributed by atoms with Gasteiger partial charge in [0.1, 0.15) is 0 Å². The lowest BCUT2D eigenvalue weighted by Gasteiger charge is -2.22. The van der Waals surface area contributed by atoms with Crippen molar-refractivity contribution in [3.8, 4) is 0 Å². The summed E-state index contributed by atoms with van der Waals surface area (Å²) in [4.78, 5) is 24.6. The molecule has 0 aliphatic carbocycles. The Kier molecular flexibility index (Phi) is 56.0. The van der Waals surface area contributed by atoms with E-state index in [1.165, 1.54) is 231 Å². The predicted molar refractivity (Wildman–Crippen MR) is 292 cm³/mol. The fourth-order valence-electron chi connectivity index (χ4n) is 9.64. The van der Waals surface area contributed by atoms with Gasteiger partial charge in [0.2, 0.25) is 5.91 Å². The summed E-state index contributed by atoms with van der Waals surface area (Å²) in [5.74, 6) is -0.0866. The summed E-state index contributed by atoms with van der Waals surface area (Å²) in [6.45, 7) is 4.91. The quantitative estimate of drug-likeness (QED) is 0.0321. The highest BCUT2D eigenvalue weighted by atomic mass is 16.5. The smallest absolute Gasteiger partial charge is 0.305 e. The predicted octanol–water partition coefficient (Wildman–Crippen LogP) is 18.9. The molecule has 0 saturated heterocycles. The first-order valence-corrected chi connectivity index (χ1v) is 30.4. The first-order chi connectivity index (χ1) is 33.0. The summed E-state index contributed by atoms with van der Waals surface area (Å²) in [6, 6.07) is -0.563. The molecular formula is C61H119NO5. The number of hydrogen-bond acceptors (Lipinski definition) is 5. The number of carbonyl (C=O) groups is 2. The molecule has 0 radical (unpaired) electrons. The van der Waals surface area contributed by atoms with Crippen LogP contribution in [0.2, 0.25) is 0 Å². The van der Waals surface area contributed by atoms with Gasteiger partial charge in [0, 0.05) is 12.8 Å². The van der Waals surface area contributed by atoms with E-state index in [0.717, 1.165) is 77.0 Å². The Morgan fingerprint density at radius 2 is 0.701 bits per heavy atom. The van der Waals surface area contributed by atoms with E-state index in [4.69, 9.17) is 4.74 Å². The molecule has 0 fully saturated rings. The molecule has 0 bridgehead atoms. The highest BCUT2D eigenvalue weighted by Crippen LogP contribution is 2.18. The minimum atomic E-state index is -0.683.